The van der Waals surface area contributed by atoms with Crippen LogP contribution in [-0.4, -0.2) is 30.2 Å². The van der Waals surface area contributed by atoms with E-state index in [1.165, 1.54) is 0 Å². The van der Waals surface area contributed by atoms with Crippen LogP contribution < -0.4 is 0 Å². The first-order valence-electron chi connectivity index (χ1n) is 7.60. The van der Waals surface area contributed by atoms with Crippen LogP contribution in [0.2, 0.25) is 0 Å². The molecule has 1 aromatic carbocycles. The van der Waals surface area contributed by atoms with E-state index in [4.69, 9.17) is 9.47 Å². The smallest absolute Gasteiger partial charge is 0.198 e. The molecule has 0 aromatic heterocycles. The highest BCUT2D eigenvalue weighted by molar-refractivity contribution is 5.79. The van der Waals surface area contributed by atoms with E-state index >= 15 is 0 Å². The Morgan fingerprint density at radius 1 is 1.09 bits per heavy atom. The first-order valence-corrected chi connectivity index (χ1v) is 7.60. The Morgan fingerprint density at radius 3 is 2.27 bits per heavy atom. The topological polar surface area (TPSA) is 58.9 Å². The zero-order chi connectivity index (χ0) is 16.2. The Balaban J connectivity index is 2.51. The van der Waals surface area contributed by atoms with Crippen LogP contribution in [0.3, 0.4) is 0 Å². The number of benzene rings is 1. The number of aliphatic hydroxyl groups excluding tert-OH is 2. The molecule has 4 nitrogen and oxygen atoms in total. The highest BCUT2D eigenvalue weighted by atomic mass is 16.7. The van der Waals surface area contributed by atoms with Crippen molar-refractivity contribution in [3.8, 4) is 0 Å². The SMILES string of the molecule is CCCCC1C(O)=C(O)C(c2ccccc2)=CC1(OC)OC. The van der Waals surface area contributed by atoms with Crippen LogP contribution in [0.4, 0.5) is 0 Å². The summed E-state index contributed by atoms with van der Waals surface area (Å²) in [7, 11) is 3.11. The Kier molecular flexibility index (Phi) is 5.27. The number of rotatable bonds is 6. The fraction of sp³-hybridized carbons (Fsp3) is 0.444. The molecule has 2 rings (SSSR count). The van der Waals surface area contributed by atoms with Crippen molar-refractivity contribution in [3.05, 3.63) is 53.5 Å². The summed E-state index contributed by atoms with van der Waals surface area (Å²) >= 11 is 0. The normalized spacial score (nSPS) is 20.9. The average molecular weight is 304 g/mol. The zero-order valence-corrected chi connectivity index (χ0v) is 13.4. The number of hydrogen-bond donors (Lipinski definition) is 2. The van der Waals surface area contributed by atoms with Gasteiger partial charge < -0.3 is 19.7 Å². The Morgan fingerprint density at radius 2 is 1.73 bits per heavy atom. The third-order valence-corrected chi connectivity index (χ3v) is 4.23. The molecule has 120 valence electrons. The Labute approximate surface area is 131 Å². The summed E-state index contributed by atoms with van der Waals surface area (Å²) in [6, 6.07) is 9.41. The lowest BCUT2D eigenvalue weighted by Gasteiger charge is -2.39. The van der Waals surface area contributed by atoms with Crippen LogP contribution in [0.1, 0.15) is 31.7 Å². The molecule has 2 N–H and O–H groups in total. The second kappa shape index (κ2) is 6.99. The van der Waals surface area contributed by atoms with Gasteiger partial charge in [0.05, 0.1) is 5.92 Å². The predicted octanol–water partition coefficient (Wildman–Crippen LogP) is 4.21. The minimum atomic E-state index is -1.07. The first-order chi connectivity index (χ1) is 10.6. The van der Waals surface area contributed by atoms with Crippen molar-refractivity contribution >= 4 is 5.57 Å². The predicted molar refractivity (Wildman–Crippen MR) is 86.5 cm³/mol. The molecule has 0 aliphatic heterocycles. The van der Waals surface area contributed by atoms with Gasteiger partial charge in [-0.25, -0.2) is 0 Å². The molecule has 1 aliphatic rings. The maximum absolute atomic E-state index is 10.5. The number of hydrogen-bond acceptors (Lipinski definition) is 4. The van der Waals surface area contributed by atoms with Gasteiger partial charge in [0.15, 0.2) is 11.5 Å². The number of unbranched alkanes of at least 4 members (excludes halogenated alkanes) is 1. The molecule has 4 heteroatoms. The van der Waals surface area contributed by atoms with E-state index in [-0.39, 0.29) is 11.5 Å². The number of ether oxygens (including phenoxy) is 2. The van der Waals surface area contributed by atoms with Gasteiger partial charge in [-0.1, -0.05) is 50.1 Å². The van der Waals surface area contributed by atoms with Crippen LogP contribution in [0, 0.1) is 5.92 Å². The van der Waals surface area contributed by atoms with Gasteiger partial charge >= 0.3 is 0 Å². The summed E-state index contributed by atoms with van der Waals surface area (Å²) in [5.41, 5.74) is 1.33. The Hall–Kier alpha value is -1.78. The second-order valence-corrected chi connectivity index (χ2v) is 5.48. The van der Waals surface area contributed by atoms with E-state index in [1.54, 1.807) is 20.3 Å². The minimum absolute atomic E-state index is 0.0708. The second-order valence-electron chi connectivity index (χ2n) is 5.48. The van der Waals surface area contributed by atoms with Crippen LogP contribution in [0.25, 0.3) is 5.57 Å². The van der Waals surface area contributed by atoms with Gasteiger partial charge in [-0.15, -0.1) is 0 Å². The molecule has 1 atom stereocenters. The van der Waals surface area contributed by atoms with Crippen molar-refractivity contribution in [2.24, 2.45) is 5.92 Å². The van der Waals surface area contributed by atoms with Crippen molar-refractivity contribution in [2.75, 3.05) is 14.2 Å². The first kappa shape index (κ1) is 16.6. The van der Waals surface area contributed by atoms with E-state index < -0.39 is 11.7 Å². The van der Waals surface area contributed by atoms with E-state index in [1.807, 2.05) is 30.3 Å². The zero-order valence-electron chi connectivity index (χ0n) is 13.4. The maximum atomic E-state index is 10.5. The van der Waals surface area contributed by atoms with Gasteiger partial charge in [-0.2, -0.15) is 0 Å². The molecular formula is C18H24O4. The minimum Gasteiger partial charge on any atom is -0.508 e. The number of aliphatic hydroxyl groups is 2. The van der Waals surface area contributed by atoms with Crippen LogP contribution in [0.15, 0.2) is 47.9 Å². The lowest BCUT2D eigenvalue weighted by Crippen LogP contribution is -2.44. The fourth-order valence-electron chi connectivity index (χ4n) is 2.93. The standard InChI is InChI=1S/C18H24O4/c1-4-5-11-15-17(20)16(19)14(12-18(15,21-2)22-3)13-9-7-6-8-10-13/h6-10,12,15,19-20H,4-5,11H2,1-3H3. The molecule has 0 amide bonds. The Bertz CT molecular complexity index is 556. The van der Waals surface area contributed by atoms with Gasteiger partial charge in [0.25, 0.3) is 0 Å². The van der Waals surface area contributed by atoms with Crippen LogP contribution >= 0.6 is 0 Å². The van der Waals surface area contributed by atoms with Gasteiger partial charge in [0, 0.05) is 19.8 Å². The molecule has 0 saturated carbocycles. The fourth-order valence-corrected chi connectivity index (χ4v) is 2.93. The highest BCUT2D eigenvalue weighted by Crippen LogP contribution is 2.43. The molecule has 1 aliphatic carbocycles. The number of allylic oxidation sites excluding steroid dienone is 1. The van der Waals surface area contributed by atoms with Crippen molar-refractivity contribution in [1.82, 2.24) is 0 Å². The van der Waals surface area contributed by atoms with Crippen LogP contribution in [-0.2, 0) is 9.47 Å². The van der Waals surface area contributed by atoms with Crippen molar-refractivity contribution in [2.45, 2.75) is 32.0 Å². The molecule has 0 spiro atoms. The maximum Gasteiger partial charge on any atom is 0.198 e. The third kappa shape index (κ3) is 2.89. The van der Waals surface area contributed by atoms with E-state index in [9.17, 15) is 10.2 Å². The van der Waals surface area contributed by atoms with Gasteiger partial charge in [-0.3, -0.25) is 0 Å². The quantitative estimate of drug-likeness (QED) is 0.773. The summed E-state index contributed by atoms with van der Waals surface area (Å²) in [5, 5.41) is 21.0. The highest BCUT2D eigenvalue weighted by Gasteiger charge is 2.45. The molecule has 1 unspecified atom stereocenters. The van der Waals surface area contributed by atoms with E-state index in [0.717, 1.165) is 18.4 Å². The average Bonchev–Trinajstić information content (AvgIpc) is 2.57. The molecule has 0 saturated heterocycles. The summed E-state index contributed by atoms with van der Waals surface area (Å²) in [5.74, 6) is -1.66. The van der Waals surface area contributed by atoms with Gasteiger partial charge in [-0.05, 0) is 18.1 Å². The molecule has 0 bridgehead atoms. The third-order valence-electron chi connectivity index (χ3n) is 4.23. The largest absolute Gasteiger partial charge is 0.508 e. The lowest BCUT2D eigenvalue weighted by molar-refractivity contribution is -0.205. The van der Waals surface area contributed by atoms with E-state index in [2.05, 4.69) is 6.92 Å². The van der Waals surface area contributed by atoms with Crippen molar-refractivity contribution in [1.29, 1.82) is 0 Å². The van der Waals surface area contributed by atoms with Crippen molar-refractivity contribution < 1.29 is 19.7 Å². The molecule has 0 radical (unpaired) electrons. The van der Waals surface area contributed by atoms with Gasteiger partial charge in [0.2, 0.25) is 0 Å². The summed E-state index contributed by atoms with van der Waals surface area (Å²) < 4.78 is 11.2. The van der Waals surface area contributed by atoms with E-state index in [0.29, 0.717) is 12.0 Å². The molecular weight excluding hydrogens is 280 g/mol. The van der Waals surface area contributed by atoms with Crippen molar-refractivity contribution in [3.63, 3.8) is 0 Å². The molecule has 0 heterocycles. The number of methoxy groups -OCH3 is 2. The van der Waals surface area contributed by atoms with Gasteiger partial charge in [0.1, 0.15) is 5.76 Å². The monoisotopic (exact) mass is 304 g/mol. The summed E-state index contributed by atoms with van der Waals surface area (Å²) in [4.78, 5) is 0. The molecule has 1 aromatic rings. The summed E-state index contributed by atoms with van der Waals surface area (Å²) in [6.45, 7) is 2.08. The lowest BCUT2D eigenvalue weighted by atomic mass is 9.82. The van der Waals surface area contributed by atoms with Crippen LogP contribution in [0.5, 0.6) is 0 Å². The molecule has 22 heavy (non-hydrogen) atoms. The molecule has 0 fully saturated rings. The summed E-state index contributed by atoms with van der Waals surface area (Å²) in [6.07, 6.45) is 4.33.